The average molecular weight is 400 g/mol. The van der Waals surface area contributed by atoms with E-state index in [1.807, 2.05) is 26.8 Å². The maximum Gasteiger partial charge on any atom is 0.408 e. The van der Waals surface area contributed by atoms with Crippen molar-refractivity contribution in [3.05, 3.63) is 17.7 Å². The van der Waals surface area contributed by atoms with Gasteiger partial charge in [-0.05, 0) is 52.7 Å². The molecule has 0 bridgehead atoms. The molecule has 2 heterocycles. The molecule has 1 unspecified atom stereocenters. The van der Waals surface area contributed by atoms with Crippen LogP contribution in [0.5, 0.6) is 5.75 Å². The first-order valence-corrected chi connectivity index (χ1v) is 10.4. The second kappa shape index (κ2) is 6.85. The second-order valence-electron chi connectivity index (χ2n) is 8.26. The summed E-state index contributed by atoms with van der Waals surface area (Å²) in [6, 6.07) is 3.84. The predicted octanol–water partition coefficient (Wildman–Crippen LogP) is 4.09. The van der Waals surface area contributed by atoms with Gasteiger partial charge in [0.1, 0.15) is 17.4 Å². The number of nitrogens with one attached hydrogen (secondary N) is 2. The number of ether oxygens (including phenoxy) is 2. The number of carbonyl (C=O) groups is 1. The number of nitrogens with zero attached hydrogens (tertiary/aromatic N) is 1. The van der Waals surface area contributed by atoms with Crippen LogP contribution in [0, 0.1) is 11.8 Å². The van der Waals surface area contributed by atoms with Crippen LogP contribution in [-0.2, 0) is 11.2 Å². The molecule has 1 amide bonds. The number of aromatic nitrogens is 1. The van der Waals surface area contributed by atoms with Crippen LogP contribution in [-0.4, -0.2) is 34.9 Å². The number of carbonyl (C=O) groups excluding carboxylic acids is 1. The van der Waals surface area contributed by atoms with Crippen molar-refractivity contribution < 1.29 is 14.3 Å². The summed E-state index contributed by atoms with van der Waals surface area (Å²) in [6.07, 6.45) is 2.19. The van der Waals surface area contributed by atoms with Gasteiger partial charge in [-0.15, -0.1) is 5.92 Å². The zero-order valence-corrected chi connectivity index (χ0v) is 17.5. The van der Waals surface area contributed by atoms with Crippen LogP contribution in [0.3, 0.4) is 0 Å². The number of hydrogen-bond acceptors (Lipinski definition) is 6. The minimum atomic E-state index is -0.533. The predicted molar refractivity (Wildman–Crippen MR) is 111 cm³/mol. The molecule has 4 rings (SSSR count). The van der Waals surface area contributed by atoms with Crippen LogP contribution >= 0.6 is 11.3 Å². The summed E-state index contributed by atoms with van der Waals surface area (Å²) in [4.78, 5) is 17.1. The third-order valence-electron chi connectivity index (χ3n) is 4.88. The van der Waals surface area contributed by atoms with Gasteiger partial charge in [0, 0.05) is 12.0 Å². The lowest BCUT2D eigenvalue weighted by Crippen LogP contribution is -2.50. The molecule has 1 aliphatic heterocycles. The minimum absolute atomic E-state index is 0.227. The summed E-state index contributed by atoms with van der Waals surface area (Å²) in [7, 11) is 0. The van der Waals surface area contributed by atoms with Crippen molar-refractivity contribution in [3.8, 4) is 17.6 Å². The number of hydrogen-bond donors (Lipinski definition) is 2. The Hall–Kier alpha value is -2.46. The Bertz CT molecular complexity index is 976. The Morgan fingerprint density at radius 2 is 2.18 bits per heavy atom. The maximum absolute atomic E-state index is 12.3. The quantitative estimate of drug-likeness (QED) is 0.758. The Labute approximate surface area is 169 Å². The van der Waals surface area contributed by atoms with E-state index in [0.29, 0.717) is 6.61 Å². The number of fused-ring (bicyclic) bond motifs is 3. The van der Waals surface area contributed by atoms with Crippen LogP contribution < -0.4 is 15.4 Å². The van der Waals surface area contributed by atoms with E-state index < -0.39 is 17.2 Å². The van der Waals surface area contributed by atoms with E-state index in [-0.39, 0.29) is 6.04 Å². The normalized spacial score (nSPS) is 17.7. The molecule has 1 aromatic heterocycles. The van der Waals surface area contributed by atoms with E-state index in [9.17, 15) is 4.79 Å². The Kier molecular flexibility index (Phi) is 4.62. The lowest BCUT2D eigenvalue weighted by Gasteiger charge is -2.27. The van der Waals surface area contributed by atoms with Gasteiger partial charge < -0.3 is 20.1 Å². The highest BCUT2D eigenvalue weighted by molar-refractivity contribution is 7.22. The first-order valence-electron chi connectivity index (χ1n) is 9.55. The molecule has 2 aromatic rings. The van der Waals surface area contributed by atoms with E-state index in [4.69, 9.17) is 14.5 Å². The van der Waals surface area contributed by atoms with Gasteiger partial charge in [-0.3, -0.25) is 0 Å². The van der Waals surface area contributed by atoms with Gasteiger partial charge in [-0.1, -0.05) is 17.3 Å². The first kappa shape index (κ1) is 18.9. The minimum Gasteiger partial charge on any atom is -0.493 e. The SMILES string of the molecule is CC#CC(Nc1nc2c3c(ccc2s1)OCC3)C1(NC(=O)OC(C)(C)C)CC1. The average Bonchev–Trinajstić information content (AvgIpc) is 3.04. The standard InChI is InChI=1S/C21H25N3O3S/c1-5-6-16(21(10-11-21)24-19(25)27-20(2,3)4)22-18-23-17-13-9-12-26-14(13)7-8-15(17)28-18/h7-8,16H,9-12H2,1-4H3,(H,22,23)(H,24,25). The largest absolute Gasteiger partial charge is 0.493 e. The van der Waals surface area contributed by atoms with Gasteiger partial charge in [0.15, 0.2) is 5.13 Å². The lowest BCUT2D eigenvalue weighted by molar-refractivity contribution is 0.0495. The molecule has 0 spiro atoms. The van der Waals surface area contributed by atoms with Crippen molar-refractivity contribution in [2.24, 2.45) is 0 Å². The number of benzene rings is 1. The fourth-order valence-electron chi connectivity index (χ4n) is 3.44. The topological polar surface area (TPSA) is 72.5 Å². The molecule has 148 valence electrons. The van der Waals surface area contributed by atoms with Gasteiger partial charge in [0.2, 0.25) is 0 Å². The van der Waals surface area contributed by atoms with Crippen molar-refractivity contribution in [2.75, 3.05) is 11.9 Å². The molecule has 1 aliphatic carbocycles. The Morgan fingerprint density at radius 1 is 1.39 bits per heavy atom. The highest BCUT2D eigenvalue weighted by Crippen LogP contribution is 2.42. The van der Waals surface area contributed by atoms with Gasteiger partial charge in [-0.2, -0.15) is 0 Å². The zero-order chi connectivity index (χ0) is 19.9. The smallest absolute Gasteiger partial charge is 0.408 e. The van der Waals surface area contributed by atoms with Crippen LogP contribution in [0.1, 0.15) is 46.1 Å². The van der Waals surface area contributed by atoms with E-state index in [1.54, 1.807) is 18.3 Å². The monoisotopic (exact) mass is 399 g/mol. The lowest BCUT2D eigenvalue weighted by atomic mass is 10.1. The molecule has 1 saturated carbocycles. The molecule has 1 aromatic carbocycles. The van der Waals surface area contributed by atoms with Gasteiger partial charge >= 0.3 is 6.09 Å². The van der Waals surface area contributed by atoms with Crippen LogP contribution in [0.25, 0.3) is 10.2 Å². The summed E-state index contributed by atoms with van der Waals surface area (Å²) in [5, 5.41) is 7.30. The van der Waals surface area contributed by atoms with Crippen molar-refractivity contribution in [3.63, 3.8) is 0 Å². The molecule has 1 fully saturated rings. The fourth-order valence-corrected chi connectivity index (χ4v) is 4.36. The summed E-state index contributed by atoms with van der Waals surface area (Å²) in [5.74, 6) is 7.12. The summed E-state index contributed by atoms with van der Waals surface area (Å²) >= 11 is 1.60. The maximum atomic E-state index is 12.3. The van der Waals surface area contributed by atoms with Crippen LogP contribution in [0.2, 0.25) is 0 Å². The van der Waals surface area contributed by atoms with Gasteiger partial charge in [-0.25, -0.2) is 9.78 Å². The summed E-state index contributed by atoms with van der Waals surface area (Å²) in [5.41, 5.74) is 1.21. The van der Waals surface area contributed by atoms with E-state index >= 15 is 0 Å². The van der Waals surface area contributed by atoms with Crippen molar-refractivity contribution in [2.45, 2.75) is 64.1 Å². The molecule has 7 heteroatoms. The highest BCUT2D eigenvalue weighted by Gasteiger charge is 2.51. The number of anilines is 1. The molecule has 28 heavy (non-hydrogen) atoms. The van der Waals surface area contributed by atoms with Crippen molar-refractivity contribution in [1.29, 1.82) is 0 Å². The molecule has 0 saturated heterocycles. The molecule has 1 atom stereocenters. The van der Waals surface area contributed by atoms with Crippen LogP contribution in [0.4, 0.5) is 9.93 Å². The van der Waals surface area contributed by atoms with Gasteiger partial charge in [0.25, 0.3) is 0 Å². The van der Waals surface area contributed by atoms with E-state index in [1.165, 1.54) is 5.56 Å². The van der Waals surface area contributed by atoms with Crippen molar-refractivity contribution in [1.82, 2.24) is 10.3 Å². The second-order valence-corrected chi connectivity index (χ2v) is 9.29. The Morgan fingerprint density at radius 3 is 2.86 bits per heavy atom. The molecule has 6 nitrogen and oxygen atoms in total. The number of rotatable bonds is 4. The highest BCUT2D eigenvalue weighted by atomic mass is 32.1. The van der Waals surface area contributed by atoms with E-state index in [0.717, 1.165) is 40.4 Å². The third-order valence-corrected chi connectivity index (χ3v) is 5.83. The number of thiazole rings is 1. The molecule has 2 aliphatic rings. The number of alkyl carbamates (subject to hydrolysis) is 1. The molecular weight excluding hydrogens is 374 g/mol. The van der Waals surface area contributed by atoms with Gasteiger partial charge in [0.05, 0.1) is 22.4 Å². The Balaban J connectivity index is 1.55. The summed E-state index contributed by atoms with van der Waals surface area (Å²) < 4.78 is 12.2. The molecule has 2 N–H and O–H groups in total. The fraction of sp³-hybridized carbons (Fsp3) is 0.524. The zero-order valence-electron chi connectivity index (χ0n) is 16.6. The summed E-state index contributed by atoms with van der Waals surface area (Å²) in [6.45, 7) is 8.09. The molecule has 0 radical (unpaired) electrons. The van der Waals surface area contributed by atoms with Crippen LogP contribution in [0.15, 0.2) is 12.1 Å². The molecular formula is C21H25N3O3S. The van der Waals surface area contributed by atoms with E-state index in [2.05, 4.69) is 28.5 Å². The van der Waals surface area contributed by atoms with Crippen molar-refractivity contribution >= 4 is 32.8 Å². The first-order chi connectivity index (χ1) is 13.3. The number of amides is 1. The third kappa shape index (κ3) is 3.74.